The van der Waals surface area contributed by atoms with E-state index in [9.17, 15) is 0 Å². The van der Waals surface area contributed by atoms with Crippen molar-refractivity contribution >= 4 is 8.32 Å². The smallest absolute Gasteiger partial charge is 0.192 e. The van der Waals surface area contributed by atoms with Gasteiger partial charge < -0.3 is 9.74 Å². The highest BCUT2D eigenvalue weighted by atomic mass is 28.4. The molecular weight excluding hydrogens is 310 g/mol. The summed E-state index contributed by atoms with van der Waals surface area (Å²) in [6.07, 6.45) is 15.4. The van der Waals surface area contributed by atoms with Crippen LogP contribution in [0.15, 0.2) is 0 Å². The molecule has 0 bridgehead atoms. The second-order valence-electron chi connectivity index (χ2n) is 9.47. The zero-order chi connectivity index (χ0) is 18.1. The van der Waals surface area contributed by atoms with E-state index in [2.05, 4.69) is 46.1 Å². The molecule has 0 saturated carbocycles. The fourth-order valence-electron chi connectivity index (χ4n) is 3.31. The van der Waals surface area contributed by atoms with Crippen LogP contribution >= 0.6 is 0 Å². The lowest BCUT2D eigenvalue weighted by atomic mass is 10.0. The summed E-state index contributed by atoms with van der Waals surface area (Å²) < 4.78 is 6.39. The third-order valence-corrected chi connectivity index (χ3v) is 10.7. The molecule has 3 heteroatoms. The fourth-order valence-corrected chi connectivity index (χ4v) is 4.36. The van der Waals surface area contributed by atoms with Gasteiger partial charge in [0.2, 0.25) is 0 Å². The van der Waals surface area contributed by atoms with E-state index in [-0.39, 0.29) is 0 Å². The molecule has 1 rings (SSSR count). The Morgan fingerprint density at radius 1 is 0.875 bits per heavy atom. The van der Waals surface area contributed by atoms with Crippen LogP contribution in [0.25, 0.3) is 0 Å². The summed E-state index contributed by atoms with van der Waals surface area (Å²) in [6, 6.07) is 1.34. The molecule has 1 fully saturated rings. The van der Waals surface area contributed by atoms with Gasteiger partial charge in [-0.1, -0.05) is 79.1 Å². The van der Waals surface area contributed by atoms with Crippen molar-refractivity contribution in [3.63, 3.8) is 0 Å². The quantitative estimate of drug-likeness (QED) is 0.312. The topological polar surface area (TPSA) is 21.3 Å². The van der Waals surface area contributed by atoms with Crippen molar-refractivity contribution in [1.82, 2.24) is 5.32 Å². The Hall–Kier alpha value is 0.137. The second kappa shape index (κ2) is 11.0. The first-order valence-corrected chi connectivity index (χ1v) is 13.6. The Kier molecular flexibility index (Phi) is 10.1. The fraction of sp³-hybridized carbons (Fsp3) is 1.00. The summed E-state index contributed by atoms with van der Waals surface area (Å²) >= 11 is 0. The Bertz CT molecular complexity index is 324. The monoisotopic (exact) mass is 355 g/mol. The van der Waals surface area contributed by atoms with Crippen LogP contribution in [0.4, 0.5) is 0 Å². The Morgan fingerprint density at radius 3 is 2.00 bits per heavy atom. The van der Waals surface area contributed by atoms with Crippen LogP contribution in [0.1, 0.15) is 98.3 Å². The summed E-state index contributed by atoms with van der Waals surface area (Å²) in [4.78, 5) is 0. The minimum absolute atomic E-state index is 0.322. The molecule has 1 aliphatic rings. The van der Waals surface area contributed by atoms with Gasteiger partial charge in [0.05, 0.1) is 0 Å². The number of nitrogens with one attached hydrogen (secondary N) is 1. The van der Waals surface area contributed by atoms with Gasteiger partial charge in [-0.3, -0.25) is 0 Å². The minimum Gasteiger partial charge on any atom is -0.415 e. The van der Waals surface area contributed by atoms with Gasteiger partial charge in [-0.25, -0.2) is 0 Å². The first-order valence-electron chi connectivity index (χ1n) is 10.7. The minimum atomic E-state index is -1.58. The molecular formula is C21H45NOSi. The molecule has 0 unspecified atom stereocenters. The van der Waals surface area contributed by atoms with Gasteiger partial charge in [0.1, 0.15) is 0 Å². The van der Waals surface area contributed by atoms with Crippen LogP contribution in [-0.4, -0.2) is 27.0 Å². The van der Waals surface area contributed by atoms with E-state index in [4.69, 9.17) is 4.43 Å². The van der Waals surface area contributed by atoms with E-state index >= 15 is 0 Å². The zero-order valence-corrected chi connectivity index (χ0v) is 18.5. The van der Waals surface area contributed by atoms with Gasteiger partial charge >= 0.3 is 0 Å². The zero-order valence-electron chi connectivity index (χ0n) is 17.5. The van der Waals surface area contributed by atoms with Gasteiger partial charge in [-0.2, -0.15) is 0 Å². The average molecular weight is 356 g/mol. The van der Waals surface area contributed by atoms with E-state index < -0.39 is 8.32 Å². The Labute approximate surface area is 153 Å². The largest absolute Gasteiger partial charge is 0.415 e. The summed E-state index contributed by atoms with van der Waals surface area (Å²) in [7, 11) is -1.58. The van der Waals surface area contributed by atoms with Crippen LogP contribution in [-0.2, 0) is 4.43 Å². The lowest BCUT2D eigenvalue weighted by molar-refractivity contribution is 0.249. The van der Waals surface area contributed by atoms with Crippen molar-refractivity contribution in [3.8, 4) is 0 Å². The molecule has 0 aromatic carbocycles. The molecule has 2 atom stereocenters. The van der Waals surface area contributed by atoms with Gasteiger partial charge in [-0.05, 0) is 37.4 Å². The van der Waals surface area contributed by atoms with Gasteiger partial charge in [0.15, 0.2) is 8.32 Å². The molecule has 1 N–H and O–H groups in total. The normalized spacial score (nSPS) is 22.2. The molecule has 0 aromatic heterocycles. The molecule has 24 heavy (non-hydrogen) atoms. The van der Waals surface area contributed by atoms with Crippen LogP contribution in [0.3, 0.4) is 0 Å². The van der Waals surface area contributed by atoms with E-state index in [0.717, 1.165) is 12.6 Å². The van der Waals surface area contributed by atoms with Crippen molar-refractivity contribution < 1.29 is 4.43 Å². The predicted octanol–water partition coefficient (Wildman–Crippen LogP) is 6.66. The Morgan fingerprint density at radius 2 is 1.42 bits per heavy atom. The third kappa shape index (κ3) is 8.49. The SMILES string of the molecule is CCCCCCCCCC[C@@H]1CC[C@@H](CO[Si](C)(C)C(C)(C)C)N1. The molecule has 0 amide bonds. The molecule has 0 spiro atoms. The number of unbranched alkanes of at least 4 members (excludes halogenated alkanes) is 7. The lowest BCUT2D eigenvalue weighted by Crippen LogP contribution is -2.44. The highest BCUT2D eigenvalue weighted by Crippen LogP contribution is 2.36. The first kappa shape index (κ1) is 22.2. The van der Waals surface area contributed by atoms with E-state index in [1.165, 1.54) is 70.6 Å². The summed E-state index contributed by atoms with van der Waals surface area (Å²) in [5, 5.41) is 4.15. The highest BCUT2D eigenvalue weighted by molar-refractivity contribution is 6.74. The standard InChI is InChI=1S/C21H45NOSi/c1-7-8-9-10-11-12-13-14-15-19-16-17-20(22-19)18-23-24(5,6)21(2,3)4/h19-20,22H,7-18H2,1-6H3/t19-,20+/m1/s1. The van der Waals surface area contributed by atoms with Gasteiger partial charge in [-0.15, -0.1) is 0 Å². The van der Waals surface area contributed by atoms with Crippen molar-refractivity contribution in [2.24, 2.45) is 0 Å². The molecule has 0 aromatic rings. The lowest BCUT2D eigenvalue weighted by Gasteiger charge is -2.37. The molecule has 0 radical (unpaired) electrons. The van der Waals surface area contributed by atoms with Gasteiger partial charge in [0.25, 0.3) is 0 Å². The number of hydrogen-bond acceptors (Lipinski definition) is 2. The molecule has 2 nitrogen and oxygen atoms in total. The van der Waals surface area contributed by atoms with Crippen LogP contribution < -0.4 is 5.32 Å². The predicted molar refractivity (Wildman–Crippen MR) is 110 cm³/mol. The molecule has 0 aliphatic carbocycles. The molecule has 1 heterocycles. The summed E-state index contributed by atoms with van der Waals surface area (Å²) in [5.41, 5.74) is 0. The molecule has 1 saturated heterocycles. The van der Waals surface area contributed by atoms with Gasteiger partial charge in [0, 0.05) is 18.7 Å². The van der Waals surface area contributed by atoms with E-state index in [1.807, 2.05) is 0 Å². The number of hydrogen-bond donors (Lipinski definition) is 1. The van der Waals surface area contributed by atoms with Crippen molar-refractivity contribution in [1.29, 1.82) is 0 Å². The van der Waals surface area contributed by atoms with Crippen molar-refractivity contribution in [2.75, 3.05) is 6.61 Å². The maximum absolute atomic E-state index is 6.39. The van der Waals surface area contributed by atoms with Crippen LogP contribution in [0.2, 0.25) is 18.1 Å². The third-order valence-electron chi connectivity index (χ3n) is 6.19. The summed E-state index contributed by atoms with van der Waals surface area (Å²) in [5.74, 6) is 0. The van der Waals surface area contributed by atoms with Crippen molar-refractivity contribution in [3.05, 3.63) is 0 Å². The van der Waals surface area contributed by atoms with Crippen molar-refractivity contribution in [2.45, 2.75) is 129 Å². The van der Waals surface area contributed by atoms with Crippen LogP contribution in [0.5, 0.6) is 0 Å². The summed E-state index contributed by atoms with van der Waals surface area (Å²) in [6.45, 7) is 14.9. The second-order valence-corrected chi connectivity index (χ2v) is 14.3. The Balaban J connectivity index is 2.06. The molecule has 1 aliphatic heterocycles. The van der Waals surface area contributed by atoms with E-state index in [1.54, 1.807) is 0 Å². The average Bonchev–Trinajstić information content (AvgIpc) is 2.95. The van der Waals surface area contributed by atoms with E-state index in [0.29, 0.717) is 11.1 Å². The maximum Gasteiger partial charge on any atom is 0.192 e. The first-order chi connectivity index (χ1) is 11.3. The van der Waals surface area contributed by atoms with Crippen LogP contribution in [0, 0.1) is 0 Å². The number of rotatable bonds is 12. The molecule has 144 valence electrons. The highest BCUT2D eigenvalue weighted by Gasteiger charge is 2.38. The maximum atomic E-state index is 6.39.